The van der Waals surface area contributed by atoms with Gasteiger partial charge in [0.2, 0.25) is 0 Å². The topological polar surface area (TPSA) is 15.3 Å². The fourth-order valence-electron chi connectivity index (χ4n) is 3.28. The van der Waals surface area contributed by atoms with Gasteiger partial charge in [0, 0.05) is 18.1 Å². The smallest absolute Gasteiger partial charge is 0.00988 e. The second kappa shape index (κ2) is 5.05. The zero-order chi connectivity index (χ0) is 11.7. The predicted molar refractivity (Wildman–Crippen MR) is 69.6 cm³/mol. The monoisotopic (exact) mass is 224 g/mol. The van der Waals surface area contributed by atoms with Gasteiger partial charge in [-0.3, -0.25) is 0 Å². The van der Waals surface area contributed by atoms with Gasteiger partial charge in [-0.1, -0.05) is 13.8 Å². The molecule has 0 aliphatic carbocycles. The first kappa shape index (κ1) is 12.4. The van der Waals surface area contributed by atoms with Gasteiger partial charge in [-0.15, -0.1) is 0 Å². The summed E-state index contributed by atoms with van der Waals surface area (Å²) in [6.07, 6.45) is 5.73. The molecule has 2 saturated heterocycles. The zero-order valence-electron chi connectivity index (χ0n) is 11.4. The largest absolute Gasteiger partial charge is 0.314 e. The highest BCUT2D eigenvalue weighted by Crippen LogP contribution is 2.37. The quantitative estimate of drug-likeness (QED) is 0.789. The third-order valence-corrected chi connectivity index (χ3v) is 4.92. The fourth-order valence-corrected chi connectivity index (χ4v) is 3.28. The molecular formula is C14H28N2. The van der Waals surface area contributed by atoms with E-state index in [-0.39, 0.29) is 0 Å². The van der Waals surface area contributed by atoms with Crippen molar-refractivity contribution in [1.29, 1.82) is 0 Å². The van der Waals surface area contributed by atoms with E-state index in [2.05, 4.69) is 38.0 Å². The Morgan fingerprint density at radius 3 is 2.19 bits per heavy atom. The Morgan fingerprint density at radius 2 is 1.69 bits per heavy atom. The Hall–Kier alpha value is -0.0800. The molecule has 2 rings (SSSR count). The molecule has 2 nitrogen and oxygen atoms in total. The van der Waals surface area contributed by atoms with Crippen LogP contribution >= 0.6 is 0 Å². The second-order valence-corrected chi connectivity index (χ2v) is 6.33. The molecule has 2 heteroatoms. The van der Waals surface area contributed by atoms with Crippen LogP contribution in [-0.2, 0) is 0 Å². The zero-order valence-corrected chi connectivity index (χ0v) is 11.4. The van der Waals surface area contributed by atoms with Gasteiger partial charge in [-0.05, 0) is 58.0 Å². The standard InChI is InChI=1S/C14H28N2/c1-10(2)11(3)15-9-12-7-13-5-6-14(8-12)16(13)4/h10-15H,5-9H2,1-4H3. The Balaban J connectivity index is 1.76. The number of nitrogens with one attached hydrogen (secondary N) is 1. The number of fused-ring (bicyclic) bond motifs is 2. The van der Waals surface area contributed by atoms with E-state index < -0.39 is 0 Å². The van der Waals surface area contributed by atoms with Gasteiger partial charge in [0.15, 0.2) is 0 Å². The third-order valence-electron chi connectivity index (χ3n) is 4.92. The van der Waals surface area contributed by atoms with Crippen LogP contribution in [0, 0.1) is 11.8 Å². The molecule has 2 aliphatic rings. The van der Waals surface area contributed by atoms with Crippen molar-refractivity contribution in [2.45, 2.75) is 64.6 Å². The van der Waals surface area contributed by atoms with Crippen molar-refractivity contribution in [1.82, 2.24) is 10.2 Å². The molecule has 0 amide bonds. The van der Waals surface area contributed by atoms with Crippen molar-refractivity contribution in [3.63, 3.8) is 0 Å². The van der Waals surface area contributed by atoms with Gasteiger partial charge >= 0.3 is 0 Å². The molecule has 0 aromatic heterocycles. The van der Waals surface area contributed by atoms with Crippen LogP contribution < -0.4 is 5.32 Å². The highest BCUT2D eigenvalue weighted by molar-refractivity contribution is 4.93. The van der Waals surface area contributed by atoms with Crippen LogP contribution in [0.3, 0.4) is 0 Å². The highest BCUT2D eigenvalue weighted by atomic mass is 15.2. The average Bonchev–Trinajstić information content (AvgIpc) is 2.51. The van der Waals surface area contributed by atoms with Gasteiger partial charge in [0.25, 0.3) is 0 Å². The van der Waals surface area contributed by atoms with Crippen LogP contribution in [0.1, 0.15) is 46.5 Å². The molecule has 94 valence electrons. The summed E-state index contributed by atoms with van der Waals surface area (Å²) in [7, 11) is 2.32. The van der Waals surface area contributed by atoms with E-state index in [0.717, 1.165) is 23.9 Å². The molecule has 1 N–H and O–H groups in total. The maximum Gasteiger partial charge on any atom is 0.00988 e. The van der Waals surface area contributed by atoms with Gasteiger partial charge < -0.3 is 10.2 Å². The van der Waals surface area contributed by atoms with Crippen LogP contribution in [0.4, 0.5) is 0 Å². The van der Waals surface area contributed by atoms with Crippen LogP contribution in [0.15, 0.2) is 0 Å². The molecule has 0 spiro atoms. The van der Waals surface area contributed by atoms with Gasteiger partial charge in [0.05, 0.1) is 0 Å². The van der Waals surface area contributed by atoms with Gasteiger partial charge in [-0.2, -0.15) is 0 Å². The van der Waals surface area contributed by atoms with Crippen molar-refractivity contribution in [3.05, 3.63) is 0 Å². The molecule has 0 saturated carbocycles. The summed E-state index contributed by atoms with van der Waals surface area (Å²) < 4.78 is 0. The number of rotatable bonds is 4. The molecule has 2 aliphatic heterocycles. The molecule has 0 radical (unpaired) electrons. The Morgan fingerprint density at radius 1 is 1.12 bits per heavy atom. The second-order valence-electron chi connectivity index (χ2n) is 6.33. The van der Waals surface area contributed by atoms with E-state index in [1.165, 1.54) is 32.2 Å². The molecule has 3 atom stereocenters. The molecule has 2 fully saturated rings. The first-order valence-electron chi connectivity index (χ1n) is 7.03. The summed E-state index contributed by atoms with van der Waals surface area (Å²) in [6, 6.07) is 2.44. The first-order valence-corrected chi connectivity index (χ1v) is 7.03. The van der Waals surface area contributed by atoms with E-state index in [9.17, 15) is 0 Å². The molecular weight excluding hydrogens is 196 g/mol. The number of piperidine rings is 1. The Labute approximate surface area is 101 Å². The number of hydrogen-bond donors (Lipinski definition) is 1. The van der Waals surface area contributed by atoms with Crippen LogP contribution in [0.2, 0.25) is 0 Å². The lowest BCUT2D eigenvalue weighted by atomic mass is 9.90. The minimum Gasteiger partial charge on any atom is -0.314 e. The normalized spacial score (nSPS) is 36.9. The fraction of sp³-hybridized carbons (Fsp3) is 1.00. The minimum absolute atomic E-state index is 0.664. The molecule has 0 aromatic carbocycles. The van der Waals surface area contributed by atoms with Crippen LogP contribution in [-0.4, -0.2) is 36.6 Å². The Bertz CT molecular complexity index is 213. The summed E-state index contributed by atoms with van der Waals surface area (Å²) in [6.45, 7) is 8.15. The van der Waals surface area contributed by atoms with Crippen molar-refractivity contribution in [2.75, 3.05) is 13.6 Å². The van der Waals surface area contributed by atoms with Gasteiger partial charge in [0.1, 0.15) is 0 Å². The van der Waals surface area contributed by atoms with Crippen molar-refractivity contribution in [3.8, 4) is 0 Å². The molecule has 0 aromatic rings. The van der Waals surface area contributed by atoms with Crippen molar-refractivity contribution < 1.29 is 0 Å². The minimum atomic E-state index is 0.664. The van der Waals surface area contributed by atoms with E-state index in [1.807, 2.05) is 0 Å². The summed E-state index contributed by atoms with van der Waals surface area (Å²) in [5.41, 5.74) is 0. The summed E-state index contributed by atoms with van der Waals surface area (Å²) in [5, 5.41) is 3.72. The maximum absolute atomic E-state index is 3.72. The lowest BCUT2D eigenvalue weighted by Gasteiger charge is -2.37. The third kappa shape index (κ3) is 2.60. The highest BCUT2D eigenvalue weighted by Gasteiger charge is 2.38. The van der Waals surface area contributed by atoms with Gasteiger partial charge in [-0.25, -0.2) is 0 Å². The molecule has 2 bridgehead atoms. The molecule has 3 unspecified atom stereocenters. The predicted octanol–water partition coefficient (Wildman–Crippen LogP) is 2.49. The summed E-state index contributed by atoms with van der Waals surface area (Å²) in [4.78, 5) is 2.63. The SMILES string of the molecule is CC(C)C(C)NCC1CC2CCC(C1)N2C. The summed E-state index contributed by atoms with van der Waals surface area (Å²) in [5.74, 6) is 1.68. The van der Waals surface area contributed by atoms with E-state index in [4.69, 9.17) is 0 Å². The van der Waals surface area contributed by atoms with E-state index in [1.54, 1.807) is 0 Å². The lowest BCUT2D eigenvalue weighted by Crippen LogP contribution is -2.44. The van der Waals surface area contributed by atoms with Crippen LogP contribution in [0.5, 0.6) is 0 Å². The van der Waals surface area contributed by atoms with Crippen molar-refractivity contribution >= 4 is 0 Å². The van der Waals surface area contributed by atoms with E-state index in [0.29, 0.717) is 6.04 Å². The first-order chi connectivity index (χ1) is 7.58. The lowest BCUT2D eigenvalue weighted by molar-refractivity contribution is 0.130. The maximum atomic E-state index is 3.72. The molecule has 2 heterocycles. The number of nitrogens with zero attached hydrogens (tertiary/aromatic N) is 1. The van der Waals surface area contributed by atoms with Crippen molar-refractivity contribution in [2.24, 2.45) is 11.8 Å². The molecule has 16 heavy (non-hydrogen) atoms. The van der Waals surface area contributed by atoms with Crippen LogP contribution in [0.25, 0.3) is 0 Å². The number of hydrogen-bond acceptors (Lipinski definition) is 2. The average molecular weight is 224 g/mol. The Kier molecular flexibility index (Phi) is 3.91. The van der Waals surface area contributed by atoms with E-state index >= 15 is 0 Å². The summed E-state index contributed by atoms with van der Waals surface area (Å²) >= 11 is 0.